The molecule has 0 bridgehead atoms. The van der Waals surface area contributed by atoms with Crippen molar-refractivity contribution in [2.75, 3.05) is 0 Å². The Labute approximate surface area is 112 Å². The van der Waals surface area contributed by atoms with E-state index in [9.17, 15) is 5.11 Å². The highest BCUT2D eigenvalue weighted by molar-refractivity contribution is 7.10. The quantitative estimate of drug-likeness (QED) is 0.812. The molecule has 3 heteroatoms. The van der Waals surface area contributed by atoms with Crippen LogP contribution in [0.3, 0.4) is 0 Å². The van der Waals surface area contributed by atoms with Gasteiger partial charge in [0, 0.05) is 11.3 Å². The van der Waals surface area contributed by atoms with Gasteiger partial charge in [-0.25, -0.2) is 0 Å². The number of halogens is 1. The Balaban J connectivity index is 1.99. The molecule has 0 amide bonds. The van der Waals surface area contributed by atoms with E-state index >= 15 is 0 Å². The molecular formula is C14H19ClOS. The standard InChI is InChI=1S/C14H19ClOS/c1-9-5-10(2)7-11(6-9)13(16)8-14-12(15)3-4-17-14/h3-5,9,11,13,16H,6-8H2,1-2H3. The average molecular weight is 271 g/mol. The molecule has 94 valence electrons. The lowest BCUT2D eigenvalue weighted by molar-refractivity contribution is 0.0940. The first-order valence-corrected chi connectivity index (χ1v) is 7.39. The van der Waals surface area contributed by atoms with Crippen LogP contribution in [0.25, 0.3) is 0 Å². The summed E-state index contributed by atoms with van der Waals surface area (Å²) in [6.45, 7) is 4.38. The molecule has 0 aromatic carbocycles. The number of hydrogen-bond acceptors (Lipinski definition) is 2. The Bertz CT molecular complexity index is 410. The molecule has 0 spiro atoms. The summed E-state index contributed by atoms with van der Waals surface area (Å²) in [7, 11) is 0. The minimum atomic E-state index is -0.266. The lowest BCUT2D eigenvalue weighted by atomic mass is 9.80. The van der Waals surface area contributed by atoms with Gasteiger partial charge in [-0.3, -0.25) is 0 Å². The van der Waals surface area contributed by atoms with E-state index < -0.39 is 0 Å². The molecule has 0 saturated carbocycles. The maximum absolute atomic E-state index is 10.3. The van der Waals surface area contributed by atoms with Crippen molar-refractivity contribution in [3.8, 4) is 0 Å². The van der Waals surface area contributed by atoms with Crippen molar-refractivity contribution in [1.29, 1.82) is 0 Å². The fraction of sp³-hybridized carbons (Fsp3) is 0.571. The first-order valence-electron chi connectivity index (χ1n) is 6.13. The van der Waals surface area contributed by atoms with E-state index in [1.165, 1.54) is 5.57 Å². The van der Waals surface area contributed by atoms with E-state index in [-0.39, 0.29) is 6.10 Å². The van der Waals surface area contributed by atoms with Crippen LogP contribution in [0, 0.1) is 11.8 Å². The molecular weight excluding hydrogens is 252 g/mol. The van der Waals surface area contributed by atoms with E-state index in [1.807, 2.05) is 11.4 Å². The molecule has 2 rings (SSSR count). The number of hydrogen-bond donors (Lipinski definition) is 1. The number of thiophene rings is 1. The minimum absolute atomic E-state index is 0.266. The monoisotopic (exact) mass is 270 g/mol. The molecule has 3 atom stereocenters. The third-order valence-corrected chi connectivity index (χ3v) is 4.87. The van der Waals surface area contributed by atoms with Crippen molar-refractivity contribution in [3.05, 3.63) is 33.0 Å². The summed E-state index contributed by atoms with van der Waals surface area (Å²) in [5.41, 5.74) is 1.41. The highest BCUT2D eigenvalue weighted by Crippen LogP contribution is 2.33. The maximum Gasteiger partial charge on any atom is 0.0620 e. The second kappa shape index (κ2) is 5.55. The molecule has 1 aromatic heterocycles. The Hall–Kier alpha value is -0.310. The van der Waals surface area contributed by atoms with Crippen molar-refractivity contribution in [2.24, 2.45) is 11.8 Å². The fourth-order valence-electron chi connectivity index (χ4n) is 2.72. The van der Waals surface area contributed by atoms with Crippen LogP contribution in [-0.4, -0.2) is 11.2 Å². The van der Waals surface area contributed by atoms with Crippen LogP contribution in [-0.2, 0) is 6.42 Å². The zero-order chi connectivity index (χ0) is 12.4. The van der Waals surface area contributed by atoms with Crippen LogP contribution in [0.4, 0.5) is 0 Å². The summed E-state index contributed by atoms with van der Waals surface area (Å²) in [6, 6.07) is 1.91. The number of rotatable bonds is 3. The lowest BCUT2D eigenvalue weighted by Crippen LogP contribution is -2.26. The van der Waals surface area contributed by atoms with Gasteiger partial charge in [-0.1, -0.05) is 30.2 Å². The van der Waals surface area contributed by atoms with E-state index in [4.69, 9.17) is 11.6 Å². The van der Waals surface area contributed by atoms with Gasteiger partial charge in [0.1, 0.15) is 0 Å². The van der Waals surface area contributed by atoms with E-state index in [1.54, 1.807) is 11.3 Å². The summed E-state index contributed by atoms with van der Waals surface area (Å²) in [5.74, 6) is 0.968. The van der Waals surface area contributed by atoms with E-state index in [0.29, 0.717) is 18.3 Å². The van der Waals surface area contributed by atoms with Crippen molar-refractivity contribution in [2.45, 2.75) is 39.2 Å². The first-order chi connectivity index (χ1) is 8.06. The molecule has 0 saturated heterocycles. The minimum Gasteiger partial charge on any atom is -0.392 e. The van der Waals surface area contributed by atoms with Gasteiger partial charge in [0.05, 0.1) is 11.1 Å². The fourth-order valence-corrected chi connectivity index (χ4v) is 3.88. The van der Waals surface area contributed by atoms with Gasteiger partial charge in [-0.05, 0) is 43.0 Å². The molecule has 1 heterocycles. The Morgan fingerprint density at radius 2 is 2.35 bits per heavy atom. The van der Waals surface area contributed by atoms with Crippen molar-refractivity contribution in [1.82, 2.24) is 0 Å². The molecule has 17 heavy (non-hydrogen) atoms. The van der Waals surface area contributed by atoms with Crippen LogP contribution in [0.5, 0.6) is 0 Å². The smallest absolute Gasteiger partial charge is 0.0620 e. The zero-order valence-corrected chi connectivity index (χ0v) is 11.9. The number of allylic oxidation sites excluding steroid dienone is 2. The van der Waals surface area contributed by atoms with Gasteiger partial charge in [0.25, 0.3) is 0 Å². The predicted octanol–water partition coefficient (Wildman–Crippen LogP) is 4.30. The Morgan fingerprint density at radius 1 is 1.59 bits per heavy atom. The van der Waals surface area contributed by atoms with Crippen molar-refractivity contribution < 1.29 is 5.11 Å². The topological polar surface area (TPSA) is 20.2 Å². The van der Waals surface area contributed by atoms with Crippen molar-refractivity contribution in [3.63, 3.8) is 0 Å². The van der Waals surface area contributed by atoms with Gasteiger partial charge in [0.15, 0.2) is 0 Å². The molecule has 0 aliphatic heterocycles. The normalized spacial score (nSPS) is 26.7. The molecule has 1 aromatic rings. The Morgan fingerprint density at radius 3 is 2.94 bits per heavy atom. The van der Waals surface area contributed by atoms with Crippen molar-refractivity contribution >= 4 is 22.9 Å². The van der Waals surface area contributed by atoms with Gasteiger partial charge in [-0.15, -0.1) is 11.3 Å². The summed E-state index contributed by atoms with van der Waals surface area (Å²) in [4.78, 5) is 1.11. The summed E-state index contributed by atoms with van der Waals surface area (Å²) < 4.78 is 0. The van der Waals surface area contributed by atoms with E-state index in [0.717, 1.165) is 22.7 Å². The summed E-state index contributed by atoms with van der Waals surface area (Å²) >= 11 is 7.70. The van der Waals surface area contributed by atoms with Crippen LogP contribution in [0.2, 0.25) is 5.02 Å². The predicted molar refractivity (Wildman–Crippen MR) is 74.7 cm³/mol. The van der Waals surface area contributed by atoms with E-state index in [2.05, 4.69) is 19.9 Å². The van der Waals surface area contributed by atoms with Crippen LogP contribution >= 0.6 is 22.9 Å². The third kappa shape index (κ3) is 3.34. The van der Waals surface area contributed by atoms with Crippen LogP contribution in [0.1, 0.15) is 31.6 Å². The van der Waals surface area contributed by atoms with Gasteiger partial charge in [-0.2, -0.15) is 0 Å². The number of aliphatic hydroxyl groups excluding tert-OH is 1. The molecule has 1 nitrogen and oxygen atoms in total. The van der Waals surface area contributed by atoms with Gasteiger partial charge < -0.3 is 5.11 Å². The largest absolute Gasteiger partial charge is 0.392 e. The first kappa shape index (κ1) is 13.1. The number of aliphatic hydroxyl groups is 1. The highest BCUT2D eigenvalue weighted by atomic mass is 35.5. The van der Waals surface area contributed by atoms with Crippen LogP contribution < -0.4 is 0 Å². The summed E-state index contributed by atoms with van der Waals surface area (Å²) in [5, 5.41) is 13.1. The molecule has 0 fully saturated rings. The summed E-state index contributed by atoms with van der Waals surface area (Å²) in [6.07, 6.45) is 4.86. The highest BCUT2D eigenvalue weighted by Gasteiger charge is 2.25. The average Bonchev–Trinajstić information content (AvgIpc) is 2.63. The van der Waals surface area contributed by atoms with Crippen LogP contribution in [0.15, 0.2) is 23.1 Å². The SMILES string of the molecule is CC1=CC(C)CC(C(O)Cc2sccc2Cl)C1. The molecule has 1 aliphatic carbocycles. The van der Waals surface area contributed by atoms with Gasteiger partial charge >= 0.3 is 0 Å². The van der Waals surface area contributed by atoms with Gasteiger partial charge in [0.2, 0.25) is 0 Å². The maximum atomic E-state index is 10.3. The second-order valence-corrected chi connectivity index (χ2v) is 6.56. The molecule has 1 aliphatic rings. The molecule has 1 N–H and O–H groups in total. The zero-order valence-electron chi connectivity index (χ0n) is 10.3. The Kier molecular flexibility index (Phi) is 4.29. The molecule has 0 radical (unpaired) electrons. The second-order valence-electron chi connectivity index (χ2n) is 5.15. The lowest BCUT2D eigenvalue weighted by Gasteiger charge is -2.29. The third-order valence-electron chi connectivity index (χ3n) is 3.46. The molecule has 3 unspecified atom stereocenters.